The van der Waals surface area contributed by atoms with Gasteiger partial charge in [0.25, 0.3) is 0 Å². The summed E-state index contributed by atoms with van der Waals surface area (Å²) < 4.78 is 18.4. The van der Waals surface area contributed by atoms with Gasteiger partial charge in [0.2, 0.25) is 0 Å². The fourth-order valence-electron chi connectivity index (χ4n) is 1.88. The second kappa shape index (κ2) is 4.02. The Morgan fingerprint density at radius 3 is 2.82 bits per heavy atom. The van der Waals surface area contributed by atoms with Crippen molar-refractivity contribution in [1.29, 1.82) is 0 Å². The van der Waals surface area contributed by atoms with Crippen LogP contribution in [0.4, 0.5) is 9.18 Å². The summed E-state index contributed by atoms with van der Waals surface area (Å²) in [5.74, 6) is -0.204. The molecule has 2 rings (SSSR count). The maximum Gasteiger partial charge on any atom is 0.408 e. The number of carbonyl (C=O) groups is 1. The van der Waals surface area contributed by atoms with Crippen LogP contribution in [0, 0.1) is 5.82 Å². The standard InChI is InChI=1S/C13H16FNO2/c1-13(2,3)17-12(16)15-11-7-9-8(11)5-4-6-10(9)14/h4-6,11H,7H2,1-3H3,(H,15,16). The third-order valence-electron chi connectivity index (χ3n) is 2.63. The summed E-state index contributed by atoms with van der Waals surface area (Å²) in [5, 5.41) is 2.73. The first-order chi connectivity index (χ1) is 7.87. The van der Waals surface area contributed by atoms with Crippen molar-refractivity contribution in [3.8, 4) is 0 Å². The van der Waals surface area contributed by atoms with E-state index in [9.17, 15) is 9.18 Å². The number of alkyl carbamates (subject to hydrolysis) is 1. The first-order valence-corrected chi connectivity index (χ1v) is 5.63. The topological polar surface area (TPSA) is 38.3 Å². The minimum Gasteiger partial charge on any atom is -0.444 e. The van der Waals surface area contributed by atoms with E-state index in [4.69, 9.17) is 4.74 Å². The number of fused-ring (bicyclic) bond motifs is 1. The monoisotopic (exact) mass is 237 g/mol. The molecular formula is C13H16FNO2. The molecule has 1 unspecified atom stereocenters. The molecule has 0 radical (unpaired) electrons. The van der Waals surface area contributed by atoms with Gasteiger partial charge in [0.1, 0.15) is 11.4 Å². The summed E-state index contributed by atoms with van der Waals surface area (Å²) in [4.78, 5) is 11.5. The van der Waals surface area contributed by atoms with Crippen molar-refractivity contribution in [2.24, 2.45) is 0 Å². The number of halogens is 1. The smallest absolute Gasteiger partial charge is 0.408 e. The molecule has 0 saturated heterocycles. The van der Waals surface area contributed by atoms with E-state index in [2.05, 4.69) is 5.32 Å². The van der Waals surface area contributed by atoms with Crippen LogP contribution in [0.2, 0.25) is 0 Å². The largest absolute Gasteiger partial charge is 0.444 e. The molecule has 0 saturated carbocycles. The molecule has 4 heteroatoms. The maximum atomic E-state index is 13.3. The van der Waals surface area contributed by atoms with E-state index in [0.717, 1.165) is 5.56 Å². The number of amides is 1. The van der Waals surface area contributed by atoms with Crippen LogP contribution in [0.3, 0.4) is 0 Å². The van der Waals surface area contributed by atoms with Crippen molar-refractivity contribution in [3.05, 3.63) is 35.1 Å². The van der Waals surface area contributed by atoms with Crippen LogP contribution in [0.5, 0.6) is 0 Å². The zero-order chi connectivity index (χ0) is 12.6. The third-order valence-corrected chi connectivity index (χ3v) is 2.63. The van der Waals surface area contributed by atoms with Crippen molar-refractivity contribution in [2.75, 3.05) is 0 Å². The van der Waals surface area contributed by atoms with Crippen molar-refractivity contribution < 1.29 is 13.9 Å². The van der Waals surface area contributed by atoms with E-state index in [-0.39, 0.29) is 11.9 Å². The fraction of sp³-hybridized carbons (Fsp3) is 0.462. The lowest BCUT2D eigenvalue weighted by Crippen LogP contribution is -2.39. The van der Waals surface area contributed by atoms with Crippen molar-refractivity contribution >= 4 is 6.09 Å². The van der Waals surface area contributed by atoms with E-state index < -0.39 is 11.7 Å². The number of ether oxygens (including phenoxy) is 1. The van der Waals surface area contributed by atoms with Crippen molar-refractivity contribution in [3.63, 3.8) is 0 Å². The SMILES string of the molecule is CC(C)(C)OC(=O)NC1Cc2c(F)cccc21. The first-order valence-electron chi connectivity index (χ1n) is 5.63. The summed E-state index contributed by atoms with van der Waals surface area (Å²) in [7, 11) is 0. The first kappa shape index (κ1) is 11.9. The van der Waals surface area contributed by atoms with Gasteiger partial charge in [-0.25, -0.2) is 9.18 Å². The lowest BCUT2D eigenvalue weighted by atomic mass is 9.83. The lowest BCUT2D eigenvalue weighted by Gasteiger charge is -2.32. The van der Waals surface area contributed by atoms with Crippen LogP contribution in [-0.4, -0.2) is 11.7 Å². The molecule has 1 N–H and O–H groups in total. The van der Waals surface area contributed by atoms with Gasteiger partial charge in [0, 0.05) is 6.42 Å². The molecule has 3 nitrogen and oxygen atoms in total. The quantitative estimate of drug-likeness (QED) is 0.815. The highest BCUT2D eigenvalue weighted by Gasteiger charge is 2.31. The molecule has 1 aliphatic rings. The fourth-order valence-corrected chi connectivity index (χ4v) is 1.88. The highest BCUT2D eigenvalue weighted by Crippen LogP contribution is 2.34. The molecule has 17 heavy (non-hydrogen) atoms. The molecule has 0 heterocycles. The van der Waals surface area contributed by atoms with Crippen LogP contribution in [0.15, 0.2) is 18.2 Å². The predicted molar refractivity (Wildman–Crippen MR) is 62.2 cm³/mol. The number of rotatable bonds is 1. The van der Waals surface area contributed by atoms with Gasteiger partial charge in [-0.1, -0.05) is 12.1 Å². The van der Waals surface area contributed by atoms with E-state index in [1.165, 1.54) is 6.07 Å². The summed E-state index contributed by atoms with van der Waals surface area (Å²) in [5.41, 5.74) is 1.02. The zero-order valence-electron chi connectivity index (χ0n) is 10.2. The van der Waals surface area contributed by atoms with E-state index in [1.54, 1.807) is 26.8 Å². The Morgan fingerprint density at radius 2 is 2.18 bits per heavy atom. The minimum atomic E-state index is -0.515. The van der Waals surface area contributed by atoms with Crippen LogP contribution in [-0.2, 0) is 11.2 Å². The van der Waals surface area contributed by atoms with Gasteiger partial charge in [0.15, 0.2) is 0 Å². The van der Waals surface area contributed by atoms with E-state index in [1.807, 2.05) is 6.07 Å². The van der Waals surface area contributed by atoms with Gasteiger partial charge in [-0.15, -0.1) is 0 Å². The Balaban J connectivity index is 1.98. The number of carbonyl (C=O) groups excluding carboxylic acids is 1. The maximum absolute atomic E-state index is 13.3. The molecule has 1 aromatic rings. The van der Waals surface area contributed by atoms with Crippen LogP contribution >= 0.6 is 0 Å². The van der Waals surface area contributed by atoms with Crippen molar-refractivity contribution in [1.82, 2.24) is 5.32 Å². The lowest BCUT2D eigenvalue weighted by molar-refractivity contribution is 0.0496. The average Bonchev–Trinajstić information content (AvgIpc) is 2.14. The Kier molecular flexibility index (Phi) is 2.81. The number of benzene rings is 1. The molecule has 0 fully saturated rings. The number of nitrogens with one attached hydrogen (secondary N) is 1. The van der Waals surface area contributed by atoms with Gasteiger partial charge in [-0.3, -0.25) is 0 Å². The van der Waals surface area contributed by atoms with Gasteiger partial charge >= 0.3 is 6.09 Å². The molecule has 1 atom stereocenters. The second-order valence-electron chi connectivity index (χ2n) is 5.21. The normalized spacial score (nSPS) is 18.0. The van der Waals surface area contributed by atoms with E-state index >= 15 is 0 Å². The van der Waals surface area contributed by atoms with Crippen LogP contribution in [0.25, 0.3) is 0 Å². The summed E-state index contributed by atoms with van der Waals surface area (Å²) in [6.07, 6.45) is 0.0683. The molecule has 0 bridgehead atoms. The molecule has 0 spiro atoms. The van der Waals surface area contributed by atoms with E-state index in [0.29, 0.717) is 12.0 Å². The Morgan fingerprint density at radius 1 is 1.47 bits per heavy atom. The predicted octanol–water partition coefficient (Wildman–Crippen LogP) is 2.95. The van der Waals surface area contributed by atoms with Gasteiger partial charge in [0.05, 0.1) is 6.04 Å². The van der Waals surface area contributed by atoms with Crippen LogP contribution in [0.1, 0.15) is 37.9 Å². The molecule has 1 amide bonds. The molecule has 0 aromatic heterocycles. The average molecular weight is 237 g/mol. The molecule has 1 aliphatic carbocycles. The highest BCUT2D eigenvalue weighted by atomic mass is 19.1. The van der Waals surface area contributed by atoms with Crippen LogP contribution < -0.4 is 5.32 Å². The summed E-state index contributed by atoms with van der Waals surface area (Å²) >= 11 is 0. The summed E-state index contributed by atoms with van der Waals surface area (Å²) in [6.45, 7) is 5.42. The third kappa shape index (κ3) is 2.57. The number of hydrogen-bond donors (Lipinski definition) is 1. The Labute approximate surface area is 100.0 Å². The van der Waals surface area contributed by atoms with Gasteiger partial charge in [-0.2, -0.15) is 0 Å². The van der Waals surface area contributed by atoms with Gasteiger partial charge in [-0.05, 0) is 38.0 Å². The minimum absolute atomic E-state index is 0.129. The molecule has 0 aliphatic heterocycles. The molecule has 1 aromatic carbocycles. The second-order valence-corrected chi connectivity index (χ2v) is 5.21. The van der Waals surface area contributed by atoms with Gasteiger partial charge < -0.3 is 10.1 Å². The Bertz CT molecular complexity index is 451. The zero-order valence-corrected chi connectivity index (χ0v) is 10.2. The number of hydrogen-bond acceptors (Lipinski definition) is 2. The molecular weight excluding hydrogens is 221 g/mol. The van der Waals surface area contributed by atoms with Crippen molar-refractivity contribution in [2.45, 2.75) is 38.8 Å². The summed E-state index contributed by atoms with van der Waals surface area (Å²) in [6, 6.07) is 4.78. The molecule has 92 valence electrons. The highest BCUT2D eigenvalue weighted by molar-refractivity contribution is 5.69. The Hall–Kier alpha value is -1.58.